The summed E-state index contributed by atoms with van der Waals surface area (Å²) in [7, 11) is 0. The molecule has 116 valence electrons. The molecule has 8 heteroatoms. The van der Waals surface area contributed by atoms with Crippen LogP contribution in [0.5, 0.6) is 0 Å². The summed E-state index contributed by atoms with van der Waals surface area (Å²) in [5.74, 6) is 0.0359. The first kappa shape index (κ1) is 15.0. The predicted molar refractivity (Wildman–Crippen MR) is 83.3 cm³/mol. The number of hydrogen-bond acceptors (Lipinski definition) is 6. The number of nitrogens with zero attached hydrogens (tertiary/aromatic N) is 2. The summed E-state index contributed by atoms with van der Waals surface area (Å²) in [5.41, 5.74) is 0.432. The minimum atomic E-state index is -0.520. The van der Waals surface area contributed by atoms with Crippen molar-refractivity contribution in [2.75, 3.05) is 0 Å². The maximum atomic E-state index is 12.3. The molecular formula is C15H10N2O5S. The number of carbonyl (C=O) groups excluding carboxylic acids is 2. The molecular weight excluding hydrogens is 320 g/mol. The average Bonchev–Trinajstić information content (AvgIpc) is 3.12. The van der Waals surface area contributed by atoms with E-state index < -0.39 is 16.1 Å². The molecule has 1 aliphatic rings. The van der Waals surface area contributed by atoms with Crippen LogP contribution in [0.3, 0.4) is 0 Å². The van der Waals surface area contributed by atoms with Crippen molar-refractivity contribution in [3.8, 4) is 0 Å². The van der Waals surface area contributed by atoms with Crippen molar-refractivity contribution in [2.45, 2.75) is 6.54 Å². The zero-order valence-electron chi connectivity index (χ0n) is 11.7. The van der Waals surface area contributed by atoms with Gasteiger partial charge in [-0.05, 0) is 29.5 Å². The van der Waals surface area contributed by atoms with E-state index in [2.05, 4.69) is 0 Å². The Hall–Kier alpha value is -2.87. The molecule has 0 atom stereocenters. The highest BCUT2D eigenvalue weighted by Crippen LogP contribution is 2.33. The fourth-order valence-corrected chi connectivity index (χ4v) is 2.91. The van der Waals surface area contributed by atoms with Crippen molar-refractivity contribution in [2.24, 2.45) is 0 Å². The van der Waals surface area contributed by atoms with Crippen molar-refractivity contribution in [3.63, 3.8) is 0 Å². The molecule has 2 aromatic rings. The molecule has 0 unspecified atom stereocenters. The summed E-state index contributed by atoms with van der Waals surface area (Å²) < 4.78 is 5.13. The normalized spacial score (nSPS) is 16.3. The first-order valence-corrected chi connectivity index (χ1v) is 7.38. The molecule has 1 fully saturated rings. The van der Waals surface area contributed by atoms with Crippen LogP contribution in [-0.4, -0.2) is 21.0 Å². The van der Waals surface area contributed by atoms with Crippen LogP contribution in [-0.2, 0) is 11.3 Å². The fraction of sp³-hybridized carbons (Fsp3) is 0.0667. The van der Waals surface area contributed by atoms with Crippen LogP contribution in [0, 0.1) is 10.1 Å². The second-order valence-electron chi connectivity index (χ2n) is 4.71. The highest BCUT2D eigenvalue weighted by atomic mass is 32.2. The Kier molecular flexibility index (Phi) is 3.98. The van der Waals surface area contributed by atoms with Crippen molar-refractivity contribution in [3.05, 3.63) is 69.0 Å². The molecule has 0 spiro atoms. The number of rotatable bonds is 4. The molecule has 1 aliphatic heterocycles. The third-order valence-electron chi connectivity index (χ3n) is 3.15. The minimum absolute atomic E-state index is 0.0121. The van der Waals surface area contributed by atoms with Crippen LogP contribution in [0.1, 0.15) is 11.3 Å². The maximum Gasteiger partial charge on any atom is 0.293 e. The van der Waals surface area contributed by atoms with E-state index in [1.807, 2.05) is 0 Å². The molecule has 2 amide bonds. The Morgan fingerprint density at radius 1 is 1.26 bits per heavy atom. The topological polar surface area (TPSA) is 93.7 Å². The quantitative estimate of drug-likeness (QED) is 0.484. The van der Waals surface area contributed by atoms with E-state index in [9.17, 15) is 19.7 Å². The van der Waals surface area contributed by atoms with Gasteiger partial charge in [0.15, 0.2) is 0 Å². The van der Waals surface area contributed by atoms with Crippen LogP contribution in [0.25, 0.3) is 6.08 Å². The minimum Gasteiger partial charge on any atom is -0.465 e. The molecule has 1 aromatic carbocycles. The van der Waals surface area contributed by atoms with E-state index in [0.717, 1.165) is 16.7 Å². The molecule has 1 saturated heterocycles. The van der Waals surface area contributed by atoms with E-state index in [0.29, 0.717) is 11.3 Å². The Morgan fingerprint density at radius 3 is 2.78 bits per heavy atom. The van der Waals surface area contributed by atoms with Gasteiger partial charge in [-0.1, -0.05) is 12.1 Å². The molecule has 7 nitrogen and oxygen atoms in total. The van der Waals surface area contributed by atoms with E-state index in [4.69, 9.17) is 4.42 Å². The molecule has 23 heavy (non-hydrogen) atoms. The number of nitro groups is 1. The average molecular weight is 330 g/mol. The maximum absolute atomic E-state index is 12.3. The lowest BCUT2D eigenvalue weighted by molar-refractivity contribution is -0.384. The van der Waals surface area contributed by atoms with Crippen molar-refractivity contribution in [1.29, 1.82) is 0 Å². The number of furan rings is 1. The van der Waals surface area contributed by atoms with Gasteiger partial charge >= 0.3 is 0 Å². The Labute approximate surface area is 134 Å². The Balaban J connectivity index is 1.81. The summed E-state index contributed by atoms with van der Waals surface area (Å²) in [4.78, 5) is 35.9. The number of thioether (sulfide) groups is 1. The molecule has 1 aromatic heterocycles. The van der Waals surface area contributed by atoms with E-state index in [1.165, 1.54) is 30.5 Å². The van der Waals surface area contributed by atoms with Gasteiger partial charge in [-0.2, -0.15) is 0 Å². The van der Waals surface area contributed by atoms with Gasteiger partial charge in [-0.25, -0.2) is 0 Å². The summed E-state index contributed by atoms with van der Waals surface area (Å²) in [6, 6.07) is 9.21. The number of amides is 2. The summed E-state index contributed by atoms with van der Waals surface area (Å²) >= 11 is 0.814. The summed E-state index contributed by atoms with van der Waals surface area (Å²) in [5, 5.41) is 10.4. The molecule has 0 aliphatic carbocycles. The zero-order valence-corrected chi connectivity index (χ0v) is 12.5. The van der Waals surface area contributed by atoms with Gasteiger partial charge in [-0.15, -0.1) is 0 Å². The lowest BCUT2D eigenvalue weighted by Gasteiger charge is -2.12. The van der Waals surface area contributed by atoms with Crippen LogP contribution in [0.2, 0.25) is 0 Å². The van der Waals surface area contributed by atoms with Crippen LogP contribution < -0.4 is 0 Å². The number of benzene rings is 1. The van der Waals surface area contributed by atoms with Gasteiger partial charge < -0.3 is 4.42 Å². The van der Waals surface area contributed by atoms with E-state index in [-0.39, 0.29) is 17.1 Å². The Morgan fingerprint density at radius 2 is 2.09 bits per heavy atom. The first-order chi connectivity index (χ1) is 11.0. The van der Waals surface area contributed by atoms with Gasteiger partial charge in [0.1, 0.15) is 5.76 Å². The second-order valence-corrected chi connectivity index (χ2v) is 5.70. The molecule has 0 radical (unpaired) electrons. The number of nitro benzene ring substituents is 1. The van der Waals surface area contributed by atoms with E-state index >= 15 is 0 Å². The van der Waals surface area contributed by atoms with Crippen LogP contribution in [0.15, 0.2) is 52.0 Å². The molecule has 0 N–H and O–H groups in total. The largest absolute Gasteiger partial charge is 0.465 e. The van der Waals surface area contributed by atoms with Gasteiger partial charge in [0.05, 0.1) is 22.6 Å². The fourth-order valence-electron chi connectivity index (χ4n) is 2.09. The van der Waals surface area contributed by atoms with E-state index in [1.54, 1.807) is 18.2 Å². The zero-order chi connectivity index (χ0) is 16.4. The third kappa shape index (κ3) is 3.16. The third-order valence-corrected chi connectivity index (χ3v) is 4.06. The van der Waals surface area contributed by atoms with Gasteiger partial charge in [0.2, 0.25) is 0 Å². The van der Waals surface area contributed by atoms with Crippen molar-refractivity contribution >= 4 is 34.7 Å². The summed E-state index contributed by atoms with van der Waals surface area (Å²) in [6.45, 7) is -0.0121. The van der Waals surface area contributed by atoms with Gasteiger partial charge in [0, 0.05) is 18.2 Å². The van der Waals surface area contributed by atoms with Gasteiger partial charge in [0.25, 0.3) is 16.8 Å². The first-order valence-electron chi connectivity index (χ1n) is 6.57. The molecule has 0 saturated carbocycles. The Bertz CT molecular complexity index is 813. The second kappa shape index (κ2) is 6.09. The predicted octanol–water partition coefficient (Wildman–Crippen LogP) is 3.42. The highest BCUT2D eigenvalue weighted by Gasteiger charge is 2.35. The number of imide groups is 1. The lowest BCUT2D eigenvalue weighted by atomic mass is 10.2. The van der Waals surface area contributed by atoms with Crippen molar-refractivity contribution in [1.82, 2.24) is 4.90 Å². The van der Waals surface area contributed by atoms with Crippen LogP contribution in [0.4, 0.5) is 10.5 Å². The number of carbonyl (C=O) groups is 2. The summed E-state index contributed by atoms with van der Waals surface area (Å²) in [6.07, 6.45) is 2.97. The molecule has 2 heterocycles. The molecule has 0 bridgehead atoms. The SMILES string of the molecule is O=C1SC(=Cc2ccco2)C(=O)N1Cc1cccc([N+](=O)[O-])c1. The van der Waals surface area contributed by atoms with Crippen LogP contribution >= 0.6 is 11.8 Å². The van der Waals surface area contributed by atoms with Crippen molar-refractivity contribution < 1.29 is 18.9 Å². The number of non-ortho nitro benzene ring substituents is 1. The molecule has 3 rings (SSSR count). The standard InChI is InChI=1S/C15H10N2O5S/c18-14-13(8-12-5-2-6-22-12)23-15(19)16(14)9-10-3-1-4-11(7-10)17(20)21/h1-8H,9H2. The number of hydrogen-bond donors (Lipinski definition) is 0. The monoisotopic (exact) mass is 330 g/mol. The lowest BCUT2D eigenvalue weighted by Crippen LogP contribution is -2.27. The smallest absolute Gasteiger partial charge is 0.293 e. The highest BCUT2D eigenvalue weighted by molar-refractivity contribution is 8.18. The van der Waals surface area contributed by atoms with Gasteiger partial charge in [-0.3, -0.25) is 24.6 Å².